The Kier molecular flexibility index (Phi) is 2.70. The summed E-state index contributed by atoms with van der Waals surface area (Å²) in [7, 11) is 1.67. The zero-order valence-corrected chi connectivity index (χ0v) is 10.2. The smallest absolute Gasteiger partial charge is 0.122 e. The summed E-state index contributed by atoms with van der Waals surface area (Å²) in [5.41, 5.74) is 1.000. The van der Waals surface area contributed by atoms with Crippen LogP contribution in [0.15, 0.2) is 22.7 Å². The molecule has 2 nitrogen and oxygen atoms in total. The number of nitrogens with zero attached hydrogens (tertiary/aromatic N) is 1. The summed E-state index contributed by atoms with van der Waals surface area (Å²) in [6, 6.07) is 8.33. The van der Waals surface area contributed by atoms with Crippen molar-refractivity contribution in [3.8, 4) is 11.8 Å². The number of hydrogen-bond acceptors (Lipinski definition) is 2. The largest absolute Gasteiger partial charge is 0.496 e. The van der Waals surface area contributed by atoms with Gasteiger partial charge < -0.3 is 4.74 Å². The molecule has 78 valence electrons. The molecule has 1 aliphatic rings. The van der Waals surface area contributed by atoms with Gasteiger partial charge in [0.2, 0.25) is 0 Å². The van der Waals surface area contributed by atoms with Crippen molar-refractivity contribution in [2.24, 2.45) is 5.41 Å². The second kappa shape index (κ2) is 3.86. The highest BCUT2D eigenvalue weighted by Crippen LogP contribution is 2.48. The van der Waals surface area contributed by atoms with Crippen LogP contribution in [0.3, 0.4) is 0 Å². The SMILES string of the molecule is COc1ccc(Br)cc1CC1(C#N)CC1. The zero-order chi connectivity index (χ0) is 10.9. The molecule has 0 unspecified atom stereocenters. The first-order valence-corrected chi connectivity index (χ1v) is 5.72. The molecule has 1 aliphatic carbocycles. The third kappa shape index (κ3) is 2.15. The molecule has 1 fully saturated rings. The van der Waals surface area contributed by atoms with Crippen LogP contribution in [0.5, 0.6) is 5.75 Å². The first kappa shape index (κ1) is 10.5. The van der Waals surface area contributed by atoms with Crippen LogP contribution in [0, 0.1) is 16.7 Å². The molecular formula is C12H12BrNO. The van der Waals surface area contributed by atoms with Crippen LogP contribution in [-0.2, 0) is 6.42 Å². The van der Waals surface area contributed by atoms with E-state index in [9.17, 15) is 0 Å². The van der Waals surface area contributed by atoms with Crippen LogP contribution in [0.2, 0.25) is 0 Å². The summed E-state index contributed by atoms with van der Waals surface area (Å²) in [4.78, 5) is 0. The molecule has 0 aromatic heterocycles. The normalized spacial score (nSPS) is 16.9. The van der Waals surface area contributed by atoms with Crippen molar-refractivity contribution >= 4 is 15.9 Å². The monoisotopic (exact) mass is 265 g/mol. The maximum absolute atomic E-state index is 9.05. The van der Waals surface area contributed by atoms with E-state index in [2.05, 4.69) is 22.0 Å². The molecule has 0 spiro atoms. The minimum atomic E-state index is -0.117. The molecule has 1 aromatic rings. The van der Waals surface area contributed by atoms with Gasteiger partial charge in [0.25, 0.3) is 0 Å². The van der Waals surface area contributed by atoms with Gasteiger partial charge in [-0.3, -0.25) is 0 Å². The highest BCUT2D eigenvalue weighted by molar-refractivity contribution is 9.10. The van der Waals surface area contributed by atoms with Gasteiger partial charge >= 0.3 is 0 Å². The van der Waals surface area contributed by atoms with Gasteiger partial charge in [0.1, 0.15) is 5.75 Å². The molecule has 1 saturated carbocycles. The molecule has 0 bridgehead atoms. The lowest BCUT2D eigenvalue weighted by molar-refractivity contribution is 0.406. The number of nitriles is 1. The van der Waals surface area contributed by atoms with Crippen LogP contribution in [0.1, 0.15) is 18.4 Å². The van der Waals surface area contributed by atoms with Crippen LogP contribution < -0.4 is 4.74 Å². The molecule has 0 saturated heterocycles. The van der Waals surface area contributed by atoms with Gasteiger partial charge in [-0.1, -0.05) is 15.9 Å². The number of benzene rings is 1. The lowest BCUT2D eigenvalue weighted by atomic mass is 9.97. The van der Waals surface area contributed by atoms with Gasteiger partial charge in [-0.15, -0.1) is 0 Å². The van der Waals surface area contributed by atoms with Crippen molar-refractivity contribution in [1.82, 2.24) is 0 Å². The van der Waals surface area contributed by atoms with Crippen molar-refractivity contribution in [1.29, 1.82) is 5.26 Å². The Balaban J connectivity index is 2.27. The molecule has 0 aliphatic heterocycles. The van der Waals surface area contributed by atoms with Crippen molar-refractivity contribution in [3.63, 3.8) is 0 Å². The van der Waals surface area contributed by atoms with Gasteiger partial charge in [-0.05, 0) is 43.0 Å². The lowest BCUT2D eigenvalue weighted by Gasteiger charge is -2.11. The van der Waals surface area contributed by atoms with Gasteiger partial charge in [0.15, 0.2) is 0 Å². The first-order chi connectivity index (χ1) is 7.19. The fraction of sp³-hybridized carbons (Fsp3) is 0.417. The van der Waals surface area contributed by atoms with E-state index in [0.29, 0.717) is 0 Å². The van der Waals surface area contributed by atoms with E-state index in [1.165, 1.54) is 0 Å². The number of rotatable bonds is 3. The van der Waals surface area contributed by atoms with Crippen LogP contribution in [-0.4, -0.2) is 7.11 Å². The van der Waals surface area contributed by atoms with Gasteiger partial charge in [-0.25, -0.2) is 0 Å². The molecular weight excluding hydrogens is 254 g/mol. The van der Waals surface area contributed by atoms with E-state index < -0.39 is 0 Å². The molecule has 1 aromatic carbocycles. The third-order valence-electron chi connectivity index (χ3n) is 2.86. The second-order valence-corrected chi connectivity index (χ2v) is 4.94. The van der Waals surface area contributed by atoms with E-state index >= 15 is 0 Å². The first-order valence-electron chi connectivity index (χ1n) is 4.93. The molecule has 3 heteroatoms. The topological polar surface area (TPSA) is 33.0 Å². The minimum Gasteiger partial charge on any atom is -0.496 e. The predicted molar refractivity (Wildman–Crippen MR) is 61.7 cm³/mol. The highest BCUT2D eigenvalue weighted by atomic mass is 79.9. The van der Waals surface area contributed by atoms with Crippen LogP contribution >= 0.6 is 15.9 Å². The van der Waals surface area contributed by atoms with E-state index in [0.717, 1.165) is 35.0 Å². The van der Waals surface area contributed by atoms with E-state index in [1.807, 2.05) is 18.2 Å². The predicted octanol–water partition coefficient (Wildman–Crippen LogP) is 3.30. The van der Waals surface area contributed by atoms with E-state index in [-0.39, 0.29) is 5.41 Å². The molecule has 2 rings (SSSR count). The molecule has 15 heavy (non-hydrogen) atoms. The Bertz CT molecular complexity index is 418. The fourth-order valence-electron chi connectivity index (χ4n) is 1.73. The third-order valence-corrected chi connectivity index (χ3v) is 3.36. The van der Waals surface area contributed by atoms with Gasteiger partial charge in [0, 0.05) is 4.47 Å². The molecule has 0 radical (unpaired) electrons. The molecule has 0 amide bonds. The zero-order valence-electron chi connectivity index (χ0n) is 8.59. The summed E-state index contributed by atoms with van der Waals surface area (Å²) in [6.45, 7) is 0. The Morgan fingerprint density at radius 3 is 2.80 bits per heavy atom. The summed E-state index contributed by atoms with van der Waals surface area (Å²) < 4.78 is 6.32. The molecule has 0 heterocycles. The summed E-state index contributed by atoms with van der Waals surface area (Å²) in [6.07, 6.45) is 2.82. The quantitative estimate of drug-likeness (QED) is 0.840. The Morgan fingerprint density at radius 1 is 1.53 bits per heavy atom. The summed E-state index contributed by atoms with van der Waals surface area (Å²) >= 11 is 3.44. The number of halogens is 1. The van der Waals surface area contributed by atoms with Crippen molar-refractivity contribution < 1.29 is 4.74 Å². The second-order valence-electron chi connectivity index (χ2n) is 4.03. The molecule has 0 N–H and O–H groups in total. The summed E-state index contributed by atoms with van der Waals surface area (Å²) in [5.74, 6) is 0.875. The number of methoxy groups -OCH3 is 1. The Labute approximate surface area is 98.0 Å². The summed E-state index contributed by atoms with van der Waals surface area (Å²) in [5, 5.41) is 9.05. The Hall–Kier alpha value is -1.01. The number of ether oxygens (including phenoxy) is 1. The molecule has 0 atom stereocenters. The standard InChI is InChI=1S/C12H12BrNO/c1-15-11-3-2-10(13)6-9(11)7-12(8-14)4-5-12/h2-3,6H,4-5,7H2,1H3. The van der Waals surface area contributed by atoms with Gasteiger partial charge in [0.05, 0.1) is 18.6 Å². The average molecular weight is 266 g/mol. The van der Waals surface area contributed by atoms with Crippen molar-refractivity contribution in [2.45, 2.75) is 19.3 Å². The van der Waals surface area contributed by atoms with Crippen LogP contribution in [0.4, 0.5) is 0 Å². The highest BCUT2D eigenvalue weighted by Gasteiger charge is 2.43. The van der Waals surface area contributed by atoms with Crippen molar-refractivity contribution in [3.05, 3.63) is 28.2 Å². The van der Waals surface area contributed by atoms with Gasteiger partial charge in [-0.2, -0.15) is 5.26 Å². The lowest BCUT2D eigenvalue weighted by Crippen LogP contribution is -2.03. The minimum absolute atomic E-state index is 0.117. The fourth-order valence-corrected chi connectivity index (χ4v) is 2.14. The maximum atomic E-state index is 9.05. The van der Waals surface area contributed by atoms with Crippen molar-refractivity contribution in [2.75, 3.05) is 7.11 Å². The number of hydrogen-bond donors (Lipinski definition) is 0. The maximum Gasteiger partial charge on any atom is 0.122 e. The van der Waals surface area contributed by atoms with E-state index in [1.54, 1.807) is 7.11 Å². The average Bonchev–Trinajstić information content (AvgIpc) is 2.99. The Morgan fingerprint density at radius 2 is 2.27 bits per heavy atom. The van der Waals surface area contributed by atoms with Crippen LogP contribution in [0.25, 0.3) is 0 Å². The van der Waals surface area contributed by atoms with E-state index in [4.69, 9.17) is 10.00 Å².